The van der Waals surface area contributed by atoms with E-state index in [0.717, 1.165) is 25.7 Å². The number of rotatable bonds is 6. The van der Waals surface area contributed by atoms with Crippen LogP contribution in [0.3, 0.4) is 0 Å². The van der Waals surface area contributed by atoms with Crippen molar-refractivity contribution in [1.82, 2.24) is 14.5 Å². The summed E-state index contributed by atoms with van der Waals surface area (Å²) in [6.07, 6.45) is 3.65. The van der Waals surface area contributed by atoms with Crippen LogP contribution in [-0.4, -0.2) is 54.5 Å². The summed E-state index contributed by atoms with van der Waals surface area (Å²) in [7, 11) is -3.67. The van der Waals surface area contributed by atoms with Gasteiger partial charge in [0.25, 0.3) is 11.5 Å². The van der Waals surface area contributed by atoms with Gasteiger partial charge in [0.05, 0.1) is 10.3 Å². The van der Waals surface area contributed by atoms with Crippen LogP contribution in [-0.2, 0) is 19.6 Å². The molecular weight excluding hydrogens is 460 g/mol. The highest BCUT2D eigenvalue weighted by atomic mass is 32.2. The van der Waals surface area contributed by atoms with Gasteiger partial charge in [-0.2, -0.15) is 9.40 Å². The summed E-state index contributed by atoms with van der Waals surface area (Å²) in [5, 5.41) is 9.11. The number of esters is 1. The summed E-state index contributed by atoms with van der Waals surface area (Å²) in [5.41, 5.74) is -0.294. The molecule has 1 saturated heterocycles. The SMILES string of the molecule is O=C(COC(=O)c1n[nH]c(=O)c2ccccc12)Nc1cccc(S(=O)(=O)N2CCCCCC2)c1. The summed E-state index contributed by atoms with van der Waals surface area (Å²) in [4.78, 5) is 36.7. The van der Waals surface area contributed by atoms with Crippen LogP contribution in [0.2, 0.25) is 0 Å². The third kappa shape index (κ3) is 5.15. The van der Waals surface area contributed by atoms with Crippen molar-refractivity contribution in [1.29, 1.82) is 0 Å². The molecule has 0 spiro atoms. The van der Waals surface area contributed by atoms with Gasteiger partial charge in [-0.15, -0.1) is 0 Å². The normalized spacial score (nSPS) is 14.9. The lowest BCUT2D eigenvalue weighted by Crippen LogP contribution is -2.32. The number of aromatic nitrogens is 2. The van der Waals surface area contributed by atoms with Crippen LogP contribution in [0.15, 0.2) is 58.2 Å². The number of sulfonamides is 1. The predicted molar refractivity (Wildman–Crippen MR) is 125 cm³/mol. The minimum absolute atomic E-state index is 0.0908. The molecule has 178 valence electrons. The maximum Gasteiger partial charge on any atom is 0.359 e. The van der Waals surface area contributed by atoms with Crippen LogP contribution in [0.1, 0.15) is 36.2 Å². The number of hydrogen-bond donors (Lipinski definition) is 2. The average molecular weight is 485 g/mol. The minimum atomic E-state index is -3.67. The third-order valence-electron chi connectivity index (χ3n) is 5.54. The van der Waals surface area contributed by atoms with Crippen molar-refractivity contribution in [3.63, 3.8) is 0 Å². The van der Waals surface area contributed by atoms with Gasteiger partial charge in [-0.3, -0.25) is 9.59 Å². The van der Waals surface area contributed by atoms with Gasteiger partial charge >= 0.3 is 5.97 Å². The zero-order valence-corrected chi connectivity index (χ0v) is 19.1. The molecule has 1 aromatic heterocycles. The molecule has 4 rings (SSSR count). The van der Waals surface area contributed by atoms with E-state index in [-0.39, 0.29) is 21.7 Å². The van der Waals surface area contributed by atoms with Gasteiger partial charge in [-0.05, 0) is 37.1 Å². The van der Waals surface area contributed by atoms with Crippen molar-refractivity contribution < 1.29 is 22.7 Å². The van der Waals surface area contributed by atoms with E-state index in [2.05, 4.69) is 15.5 Å². The summed E-state index contributed by atoms with van der Waals surface area (Å²) in [6.45, 7) is 0.335. The Labute approximate surface area is 196 Å². The molecule has 0 aliphatic carbocycles. The lowest BCUT2D eigenvalue weighted by molar-refractivity contribution is -0.119. The van der Waals surface area contributed by atoms with Crippen LogP contribution in [0.4, 0.5) is 5.69 Å². The lowest BCUT2D eigenvalue weighted by atomic mass is 10.1. The molecule has 1 aliphatic heterocycles. The Hall–Kier alpha value is -3.57. The van der Waals surface area contributed by atoms with Gasteiger partial charge in [0, 0.05) is 24.2 Å². The number of anilines is 1. The summed E-state index contributed by atoms with van der Waals surface area (Å²) < 4.78 is 32.5. The maximum atomic E-state index is 13.0. The molecule has 1 fully saturated rings. The molecule has 0 radical (unpaired) electrons. The first-order valence-corrected chi connectivity index (χ1v) is 12.3. The molecule has 0 bridgehead atoms. The van der Waals surface area contributed by atoms with E-state index in [1.165, 1.54) is 16.4 Å². The summed E-state index contributed by atoms with van der Waals surface area (Å²) in [6, 6.07) is 12.4. The summed E-state index contributed by atoms with van der Waals surface area (Å²) >= 11 is 0. The van der Waals surface area contributed by atoms with Gasteiger partial charge in [0.15, 0.2) is 12.3 Å². The Morgan fingerprint density at radius 2 is 1.71 bits per heavy atom. The maximum absolute atomic E-state index is 13.0. The number of fused-ring (bicyclic) bond motifs is 1. The van der Waals surface area contributed by atoms with Gasteiger partial charge in [-0.1, -0.05) is 37.1 Å². The molecule has 2 aromatic carbocycles. The lowest BCUT2D eigenvalue weighted by Gasteiger charge is -2.20. The van der Waals surface area contributed by atoms with Gasteiger partial charge < -0.3 is 10.1 Å². The number of H-pyrrole nitrogens is 1. The minimum Gasteiger partial charge on any atom is -0.451 e. The first-order chi connectivity index (χ1) is 16.4. The Morgan fingerprint density at radius 1 is 1.00 bits per heavy atom. The second-order valence-electron chi connectivity index (χ2n) is 7.92. The Morgan fingerprint density at radius 3 is 2.44 bits per heavy atom. The number of carbonyl (C=O) groups is 2. The Bertz CT molecular complexity index is 1380. The van der Waals surface area contributed by atoms with Gasteiger partial charge in [0.2, 0.25) is 10.0 Å². The second kappa shape index (κ2) is 10.1. The first kappa shape index (κ1) is 23.6. The number of amides is 1. The Balaban J connectivity index is 1.42. The van der Waals surface area contributed by atoms with Crippen molar-refractivity contribution in [3.05, 3.63) is 64.6 Å². The van der Waals surface area contributed by atoms with Crippen LogP contribution in [0, 0.1) is 0 Å². The molecule has 10 nitrogen and oxygen atoms in total. The van der Waals surface area contributed by atoms with E-state index >= 15 is 0 Å². The number of nitrogens with zero attached hydrogens (tertiary/aromatic N) is 2. The molecule has 0 saturated carbocycles. The van der Waals surface area contributed by atoms with Crippen molar-refractivity contribution in [2.45, 2.75) is 30.6 Å². The van der Waals surface area contributed by atoms with E-state index in [1.807, 2.05) is 0 Å². The fraction of sp³-hybridized carbons (Fsp3) is 0.304. The molecule has 3 aromatic rings. The second-order valence-corrected chi connectivity index (χ2v) is 9.86. The molecular formula is C23H24N4O6S. The number of carbonyl (C=O) groups excluding carboxylic acids is 2. The van der Waals surface area contributed by atoms with Crippen molar-refractivity contribution in [2.75, 3.05) is 25.0 Å². The van der Waals surface area contributed by atoms with Crippen LogP contribution in [0.5, 0.6) is 0 Å². The zero-order valence-electron chi connectivity index (χ0n) is 18.3. The average Bonchev–Trinajstić information content (AvgIpc) is 3.13. The molecule has 0 unspecified atom stereocenters. The van der Waals surface area contributed by atoms with E-state index in [4.69, 9.17) is 4.74 Å². The fourth-order valence-corrected chi connectivity index (χ4v) is 5.40. The van der Waals surface area contributed by atoms with Crippen molar-refractivity contribution >= 4 is 38.4 Å². The predicted octanol–water partition coefficient (Wildman–Crippen LogP) is 2.28. The van der Waals surface area contributed by atoms with E-state index in [9.17, 15) is 22.8 Å². The fourth-order valence-electron chi connectivity index (χ4n) is 3.83. The highest BCUT2D eigenvalue weighted by molar-refractivity contribution is 7.89. The Kier molecular flexibility index (Phi) is 7.03. The zero-order chi connectivity index (χ0) is 24.1. The van der Waals surface area contributed by atoms with Crippen LogP contribution >= 0.6 is 0 Å². The third-order valence-corrected chi connectivity index (χ3v) is 7.44. The quantitative estimate of drug-likeness (QED) is 0.512. The molecule has 1 amide bonds. The van der Waals surface area contributed by atoms with E-state index in [1.54, 1.807) is 36.4 Å². The molecule has 2 heterocycles. The molecule has 11 heteroatoms. The number of nitrogens with one attached hydrogen (secondary N) is 2. The molecule has 1 aliphatic rings. The first-order valence-electron chi connectivity index (χ1n) is 10.9. The van der Waals surface area contributed by atoms with E-state index in [0.29, 0.717) is 18.5 Å². The van der Waals surface area contributed by atoms with Crippen molar-refractivity contribution in [3.8, 4) is 0 Å². The topological polar surface area (TPSA) is 139 Å². The van der Waals surface area contributed by atoms with Crippen molar-refractivity contribution in [2.24, 2.45) is 0 Å². The number of hydrogen-bond acceptors (Lipinski definition) is 7. The van der Waals surface area contributed by atoms with Gasteiger partial charge in [0.1, 0.15) is 0 Å². The smallest absolute Gasteiger partial charge is 0.359 e. The van der Waals surface area contributed by atoms with Crippen LogP contribution < -0.4 is 10.9 Å². The number of aromatic amines is 1. The van der Waals surface area contributed by atoms with Crippen LogP contribution in [0.25, 0.3) is 10.8 Å². The molecule has 34 heavy (non-hydrogen) atoms. The molecule has 0 atom stereocenters. The highest BCUT2D eigenvalue weighted by Crippen LogP contribution is 2.22. The summed E-state index contributed by atoms with van der Waals surface area (Å²) in [5.74, 6) is -1.52. The molecule has 2 N–H and O–H groups in total. The van der Waals surface area contributed by atoms with E-state index < -0.39 is 34.1 Å². The highest BCUT2D eigenvalue weighted by Gasteiger charge is 2.25. The number of benzene rings is 2. The van der Waals surface area contributed by atoms with Gasteiger partial charge in [-0.25, -0.2) is 18.3 Å². The standard InChI is InChI=1S/C23H24N4O6S/c28-20(15-33-23(30)21-18-10-3-4-11-19(18)22(29)26-25-21)24-16-8-7-9-17(14-16)34(31,32)27-12-5-1-2-6-13-27/h3-4,7-11,14H,1-2,5-6,12-13,15H2,(H,24,28)(H,26,29). The number of ether oxygens (including phenoxy) is 1. The monoisotopic (exact) mass is 484 g/mol. The largest absolute Gasteiger partial charge is 0.451 e.